The molecule has 0 aromatic heterocycles. The number of rotatable bonds is 5. The quantitative estimate of drug-likeness (QED) is 0.872. The zero-order valence-corrected chi connectivity index (χ0v) is 11.7. The Morgan fingerprint density at radius 3 is 2.79 bits per heavy atom. The Labute approximate surface area is 114 Å². The second-order valence-electron chi connectivity index (χ2n) is 5.26. The molecule has 4 heteroatoms. The Bertz CT molecular complexity index is 377. The molecule has 1 aliphatic rings. The minimum absolute atomic E-state index is 0.149. The fraction of sp³-hybridized carbons (Fsp3) is 0.600. The van der Waals surface area contributed by atoms with Crippen molar-refractivity contribution in [2.24, 2.45) is 0 Å². The molecule has 1 heterocycles. The molecule has 1 N–H and O–H groups in total. The molecule has 0 spiro atoms. The van der Waals surface area contributed by atoms with Crippen molar-refractivity contribution in [2.45, 2.75) is 25.6 Å². The third kappa shape index (κ3) is 4.82. The normalized spacial score (nSPS) is 22.2. The standard InChI is InChI=1S/C15H23NO3/c1-12(17)9-13-3-5-14(6-4-13)19-11-15-10-16(2)7-8-18-15/h3-6,12,15,17H,7-11H2,1-2H3. The van der Waals surface area contributed by atoms with Crippen LogP contribution in [0.2, 0.25) is 0 Å². The zero-order valence-electron chi connectivity index (χ0n) is 11.7. The van der Waals surface area contributed by atoms with Gasteiger partial charge in [-0.05, 0) is 38.1 Å². The molecule has 1 aliphatic heterocycles. The summed E-state index contributed by atoms with van der Waals surface area (Å²) in [7, 11) is 2.10. The summed E-state index contributed by atoms with van der Waals surface area (Å²) in [5.41, 5.74) is 1.12. The Kier molecular flexibility index (Phi) is 5.19. The maximum absolute atomic E-state index is 9.32. The number of hydrogen-bond acceptors (Lipinski definition) is 4. The van der Waals surface area contributed by atoms with E-state index in [1.54, 1.807) is 6.92 Å². The molecule has 1 saturated heterocycles. The second kappa shape index (κ2) is 6.89. The molecule has 106 valence electrons. The molecular weight excluding hydrogens is 242 g/mol. The summed E-state index contributed by atoms with van der Waals surface area (Å²) in [4.78, 5) is 2.25. The van der Waals surface area contributed by atoms with Crippen molar-refractivity contribution in [3.05, 3.63) is 29.8 Å². The molecule has 1 fully saturated rings. The van der Waals surface area contributed by atoms with Crippen molar-refractivity contribution in [3.63, 3.8) is 0 Å². The summed E-state index contributed by atoms with van der Waals surface area (Å²) >= 11 is 0. The highest BCUT2D eigenvalue weighted by molar-refractivity contribution is 5.27. The highest BCUT2D eigenvalue weighted by Gasteiger charge is 2.18. The van der Waals surface area contributed by atoms with Crippen LogP contribution in [-0.2, 0) is 11.2 Å². The molecule has 1 aromatic carbocycles. The predicted octanol–water partition coefficient (Wildman–Crippen LogP) is 1.32. The summed E-state index contributed by atoms with van der Waals surface area (Å²) in [6, 6.07) is 7.89. The minimum atomic E-state index is -0.307. The van der Waals surface area contributed by atoms with Gasteiger partial charge in [0, 0.05) is 13.1 Å². The maximum Gasteiger partial charge on any atom is 0.119 e. The second-order valence-corrected chi connectivity index (χ2v) is 5.26. The smallest absolute Gasteiger partial charge is 0.119 e. The topological polar surface area (TPSA) is 41.9 Å². The fourth-order valence-corrected chi connectivity index (χ4v) is 2.22. The van der Waals surface area contributed by atoms with Crippen LogP contribution >= 0.6 is 0 Å². The van der Waals surface area contributed by atoms with Crippen LogP contribution in [-0.4, -0.2) is 55.6 Å². The minimum Gasteiger partial charge on any atom is -0.491 e. The van der Waals surface area contributed by atoms with E-state index < -0.39 is 0 Å². The lowest BCUT2D eigenvalue weighted by Gasteiger charge is -2.29. The van der Waals surface area contributed by atoms with E-state index in [-0.39, 0.29) is 12.2 Å². The van der Waals surface area contributed by atoms with Gasteiger partial charge >= 0.3 is 0 Å². The van der Waals surface area contributed by atoms with E-state index in [9.17, 15) is 5.11 Å². The van der Waals surface area contributed by atoms with Crippen LogP contribution in [0.25, 0.3) is 0 Å². The third-order valence-corrected chi connectivity index (χ3v) is 3.23. The van der Waals surface area contributed by atoms with Crippen LogP contribution < -0.4 is 4.74 Å². The summed E-state index contributed by atoms with van der Waals surface area (Å²) in [5, 5.41) is 9.32. The van der Waals surface area contributed by atoms with E-state index in [1.807, 2.05) is 24.3 Å². The molecule has 1 aromatic rings. The molecule has 0 radical (unpaired) electrons. The first kappa shape index (κ1) is 14.3. The first-order valence-corrected chi connectivity index (χ1v) is 6.83. The Morgan fingerprint density at radius 2 is 2.16 bits per heavy atom. The number of likely N-dealkylation sites (N-methyl/N-ethyl adjacent to an activating group) is 1. The van der Waals surface area contributed by atoms with Crippen molar-refractivity contribution < 1.29 is 14.6 Å². The third-order valence-electron chi connectivity index (χ3n) is 3.23. The van der Waals surface area contributed by atoms with Gasteiger partial charge in [-0.2, -0.15) is 0 Å². The average molecular weight is 265 g/mol. The van der Waals surface area contributed by atoms with Crippen molar-refractivity contribution in [1.29, 1.82) is 0 Å². The van der Waals surface area contributed by atoms with Crippen LogP contribution in [0.5, 0.6) is 5.75 Å². The molecule has 2 rings (SSSR count). The molecule has 2 unspecified atom stereocenters. The van der Waals surface area contributed by atoms with Gasteiger partial charge in [-0.15, -0.1) is 0 Å². The first-order valence-electron chi connectivity index (χ1n) is 6.83. The van der Waals surface area contributed by atoms with Crippen LogP contribution in [0.15, 0.2) is 24.3 Å². The summed E-state index contributed by atoms with van der Waals surface area (Å²) < 4.78 is 11.4. The van der Waals surface area contributed by atoms with Crippen LogP contribution in [0, 0.1) is 0 Å². The van der Waals surface area contributed by atoms with Crippen LogP contribution in [0.3, 0.4) is 0 Å². The monoisotopic (exact) mass is 265 g/mol. The molecule has 0 amide bonds. The number of hydrogen-bond donors (Lipinski definition) is 1. The zero-order chi connectivity index (χ0) is 13.7. The van der Waals surface area contributed by atoms with Gasteiger partial charge in [-0.1, -0.05) is 12.1 Å². The Balaban J connectivity index is 1.79. The number of aliphatic hydroxyl groups excluding tert-OH is 1. The van der Waals surface area contributed by atoms with Crippen molar-refractivity contribution >= 4 is 0 Å². The first-order chi connectivity index (χ1) is 9.13. The number of ether oxygens (including phenoxy) is 2. The summed E-state index contributed by atoms with van der Waals surface area (Å²) in [6.45, 7) is 5.06. The molecular formula is C15H23NO3. The van der Waals surface area contributed by atoms with Gasteiger partial charge in [0.2, 0.25) is 0 Å². The van der Waals surface area contributed by atoms with Gasteiger partial charge in [-0.25, -0.2) is 0 Å². The highest BCUT2D eigenvalue weighted by Crippen LogP contribution is 2.14. The number of nitrogens with zero attached hydrogens (tertiary/aromatic N) is 1. The molecule has 0 aliphatic carbocycles. The lowest BCUT2D eigenvalue weighted by atomic mass is 10.1. The molecule has 0 saturated carbocycles. The van der Waals surface area contributed by atoms with Crippen molar-refractivity contribution in [2.75, 3.05) is 33.4 Å². The summed E-state index contributed by atoms with van der Waals surface area (Å²) in [5.74, 6) is 0.853. The van der Waals surface area contributed by atoms with Crippen molar-refractivity contribution in [3.8, 4) is 5.75 Å². The van der Waals surface area contributed by atoms with Gasteiger partial charge in [0.25, 0.3) is 0 Å². The number of aliphatic hydroxyl groups is 1. The van der Waals surface area contributed by atoms with Gasteiger partial charge in [-0.3, -0.25) is 0 Å². The van der Waals surface area contributed by atoms with E-state index in [0.29, 0.717) is 13.0 Å². The lowest BCUT2D eigenvalue weighted by molar-refractivity contribution is -0.0403. The average Bonchev–Trinajstić information content (AvgIpc) is 2.37. The highest BCUT2D eigenvalue weighted by atomic mass is 16.5. The molecule has 2 atom stereocenters. The van der Waals surface area contributed by atoms with Crippen LogP contribution in [0.4, 0.5) is 0 Å². The van der Waals surface area contributed by atoms with E-state index in [2.05, 4.69) is 11.9 Å². The van der Waals surface area contributed by atoms with E-state index in [4.69, 9.17) is 9.47 Å². The number of morpholine rings is 1. The largest absolute Gasteiger partial charge is 0.491 e. The molecule has 19 heavy (non-hydrogen) atoms. The lowest BCUT2D eigenvalue weighted by Crippen LogP contribution is -2.42. The van der Waals surface area contributed by atoms with E-state index in [0.717, 1.165) is 31.0 Å². The number of benzene rings is 1. The van der Waals surface area contributed by atoms with E-state index in [1.165, 1.54) is 0 Å². The van der Waals surface area contributed by atoms with Crippen LogP contribution in [0.1, 0.15) is 12.5 Å². The summed E-state index contributed by atoms with van der Waals surface area (Å²) in [6.07, 6.45) is 0.519. The molecule has 0 bridgehead atoms. The SMILES string of the molecule is CC(O)Cc1ccc(OCC2CN(C)CCO2)cc1. The predicted molar refractivity (Wildman–Crippen MR) is 74.6 cm³/mol. The van der Waals surface area contributed by atoms with Crippen molar-refractivity contribution in [1.82, 2.24) is 4.90 Å². The maximum atomic E-state index is 9.32. The van der Waals surface area contributed by atoms with Gasteiger partial charge in [0.1, 0.15) is 18.5 Å². The Hall–Kier alpha value is -1.10. The van der Waals surface area contributed by atoms with E-state index >= 15 is 0 Å². The fourth-order valence-electron chi connectivity index (χ4n) is 2.22. The Morgan fingerprint density at radius 1 is 1.42 bits per heavy atom. The van der Waals surface area contributed by atoms with Gasteiger partial charge in [0.05, 0.1) is 12.7 Å². The molecule has 4 nitrogen and oxygen atoms in total. The van der Waals surface area contributed by atoms with Gasteiger partial charge in [0.15, 0.2) is 0 Å². The van der Waals surface area contributed by atoms with Gasteiger partial charge < -0.3 is 19.5 Å².